The Bertz CT molecular complexity index is 1710. The van der Waals surface area contributed by atoms with Gasteiger partial charge >= 0.3 is 18.3 Å². The first kappa shape index (κ1) is 36.8. The lowest BCUT2D eigenvalue weighted by Gasteiger charge is -2.28. The zero-order chi connectivity index (χ0) is 36.3. The Labute approximate surface area is 287 Å². The number of imidazole rings is 1. The van der Waals surface area contributed by atoms with E-state index in [1.165, 1.54) is 17.3 Å². The van der Waals surface area contributed by atoms with E-state index in [1.54, 1.807) is 48.6 Å². The Hall–Kier alpha value is -5.07. The van der Waals surface area contributed by atoms with Crippen molar-refractivity contribution in [2.45, 2.75) is 105 Å². The van der Waals surface area contributed by atoms with Gasteiger partial charge in [-0.1, -0.05) is 30.3 Å². The van der Waals surface area contributed by atoms with Crippen LogP contribution < -0.4 is 4.90 Å². The Kier molecular flexibility index (Phi) is 10.6. The van der Waals surface area contributed by atoms with Crippen LogP contribution in [-0.4, -0.2) is 72.7 Å². The molecule has 3 amide bonds. The van der Waals surface area contributed by atoms with Crippen LogP contribution in [0.5, 0.6) is 0 Å². The van der Waals surface area contributed by atoms with Crippen LogP contribution >= 0.6 is 0 Å². The van der Waals surface area contributed by atoms with Crippen molar-refractivity contribution in [3.05, 3.63) is 54.0 Å². The molecule has 0 spiro atoms. The van der Waals surface area contributed by atoms with Gasteiger partial charge < -0.3 is 24.1 Å². The van der Waals surface area contributed by atoms with Gasteiger partial charge in [-0.2, -0.15) is 4.90 Å². The van der Waals surface area contributed by atoms with Crippen molar-refractivity contribution in [3.8, 4) is 22.8 Å². The molecule has 0 radical (unpaired) electrons. The van der Waals surface area contributed by atoms with Crippen LogP contribution in [0.1, 0.15) is 92.8 Å². The third-order valence-corrected chi connectivity index (χ3v) is 6.88. The summed E-state index contributed by atoms with van der Waals surface area (Å²) in [6, 6.07) is 7.49. The van der Waals surface area contributed by atoms with E-state index in [0.717, 1.165) is 21.6 Å². The number of carbonyl (C=O) groups excluding carboxylic acids is 4. The van der Waals surface area contributed by atoms with Gasteiger partial charge in [0.25, 0.3) is 0 Å². The van der Waals surface area contributed by atoms with Crippen LogP contribution in [0.25, 0.3) is 28.3 Å². The fourth-order valence-corrected chi connectivity index (χ4v) is 4.73. The third-order valence-electron chi connectivity index (χ3n) is 6.88. The molecular formula is C36H46N6O7. The standard InChI is InChI=1S/C36H46N6O7/c1-34(2,3)47-31(44)41(10)21-22-11-13-24(14-12-22)29-37-20-27(40-29)28-30(38-19-26(39-28)23-15-17-25(43)18-16-23)42(32(45)48-35(4,5)6)33(46)49-36(7,8)9/h11-15,19-20H,16-18,21H2,1-10H3,(H,37,40). The van der Waals surface area contributed by atoms with Gasteiger partial charge in [0.05, 0.1) is 23.8 Å². The van der Waals surface area contributed by atoms with Crippen LogP contribution in [0.4, 0.5) is 20.2 Å². The molecule has 49 heavy (non-hydrogen) atoms. The van der Waals surface area contributed by atoms with Crippen molar-refractivity contribution in [2.24, 2.45) is 0 Å². The van der Waals surface area contributed by atoms with E-state index >= 15 is 0 Å². The zero-order valence-electron chi connectivity index (χ0n) is 30.0. The number of nitrogens with zero attached hydrogens (tertiary/aromatic N) is 5. The summed E-state index contributed by atoms with van der Waals surface area (Å²) in [4.78, 5) is 70.9. The van der Waals surface area contributed by atoms with Gasteiger partial charge in [-0.3, -0.25) is 4.79 Å². The molecule has 0 fully saturated rings. The number of ether oxygens (including phenoxy) is 3. The van der Waals surface area contributed by atoms with E-state index in [9.17, 15) is 19.2 Å². The van der Waals surface area contributed by atoms with Gasteiger partial charge in [0.2, 0.25) is 0 Å². The van der Waals surface area contributed by atoms with Crippen LogP contribution in [0.15, 0.2) is 42.7 Å². The molecule has 1 aromatic carbocycles. The number of aromatic amines is 1. The number of nitrogens with one attached hydrogen (secondary N) is 1. The number of aromatic nitrogens is 4. The van der Waals surface area contributed by atoms with Gasteiger partial charge in [-0.15, -0.1) is 0 Å². The smallest absolute Gasteiger partial charge is 0.425 e. The lowest BCUT2D eigenvalue weighted by atomic mass is 9.96. The molecule has 2 aromatic heterocycles. The van der Waals surface area contributed by atoms with Gasteiger partial charge in [0.1, 0.15) is 34.1 Å². The predicted octanol–water partition coefficient (Wildman–Crippen LogP) is 7.71. The van der Waals surface area contributed by atoms with Crippen molar-refractivity contribution >= 4 is 35.5 Å². The molecule has 4 rings (SSSR count). The van der Waals surface area contributed by atoms with Gasteiger partial charge in [-0.25, -0.2) is 29.3 Å². The minimum Gasteiger partial charge on any atom is -0.444 e. The highest BCUT2D eigenvalue weighted by Gasteiger charge is 2.36. The summed E-state index contributed by atoms with van der Waals surface area (Å²) in [7, 11) is 1.67. The summed E-state index contributed by atoms with van der Waals surface area (Å²) in [6.45, 7) is 15.9. The summed E-state index contributed by atoms with van der Waals surface area (Å²) in [5, 5.41) is 0. The average Bonchev–Trinajstić information content (AvgIpc) is 3.46. The molecule has 0 bridgehead atoms. The summed E-state index contributed by atoms with van der Waals surface area (Å²) in [5.74, 6) is 0.509. The highest BCUT2D eigenvalue weighted by atomic mass is 16.6. The molecule has 3 aromatic rings. The second-order valence-corrected chi connectivity index (χ2v) is 14.9. The lowest BCUT2D eigenvalue weighted by molar-refractivity contribution is -0.118. The zero-order valence-corrected chi connectivity index (χ0v) is 30.0. The number of imide groups is 1. The maximum absolute atomic E-state index is 13.6. The van der Waals surface area contributed by atoms with Crippen molar-refractivity contribution in [2.75, 3.05) is 11.9 Å². The number of H-pyrrole nitrogens is 1. The first-order chi connectivity index (χ1) is 22.7. The van der Waals surface area contributed by atoms with E-state index < -0.39 is 35.1 Å². The molecule has 0 saturated carbocycles. The van der Waals surface area contributed by atoms with Crippen LogP contribution in [0.2, 0.25) is 0 Å². The first-order valence-electron chi connectivity index (χ1n) is 16.1. The van der Waals surface area contributed by atoms with Crippen molar-refractivity contribution in [3.63, 3.8) is 0 Å². The SMILES string of the molecule is CN(Cc1ccc(-c2ncc(-c3nc(C4=CCC(=O)CC4)cnc3N(C(=O)OC(C)(C)C)C(=O)OC(C)(C)C)[nH]2)cc1)C(=O)OC(C)(C)C. The molecule has 2 heterocycles. The van der Waals surface area contributed by atoms with Gasteiger partial charge in [0, 0.05) is 32.0 Å². The van der Waals surface area contributed by atoms with E-state index in [0.29, 0.717) is 36.6 Å². The number of rotatable bonds is 6. The highest BCUT2D eigenvalue weighted by molar-refractivity contribution is 6.10. The number of anilines is 1. The number of hydrogen-bond donors (Lipinski definition) is 1. The third kappa shape index (κ3) is 10.2. The quantitative estimate of drug-likeness (QED) is 0.257. The number of amides is 3. The molecule has 13 nitrogen and oxygen atoms in total. The molecule has 1 aliphatic carbocycles. The molecule has 0 unspecified atom stereocenters. The molecule has 0 atom stereocenters. The molecule has 1 N–H and O–H groups in total. The summed E-state index contributed by atoms with van der Waals surface area (Å²) in [5.41, 5.74) is 1.01. The largest absolute Gasteiger partial charge is 0.444 e. The molecule has 0 saturated heterocycles. The minimum atomic E-state index is -0.987. The van der Waals surface area contributed by atoms with Crippen molar-refractivity contribution in [1.29, 1.82) is 0 Å². The highest BCUT2D eigenvalue weighted by Crippen LogP contribution is 2.33. The Morgan fingerprint density at radius 3 is 1.90 bits per heavy atom. The fraction of sp³-hybridized carbons (Fsp3) is 0.472. The maximum Gasteiger partial charge on any atom is 0.425 e. The molecule has 13 heteroatoms. The normalized spacial score (nSPS) is 13.8. The maximum atomic E-state index is 13.6. The van der Waals surface area contributed by atoms with Gasteiger partial charge in [0.15, 0.2) is 5.82 Å². The number of ketones is 1. The predicted molar refractivity (Wildman–Crippen MR) is 185 cm³/mol. The van der Waals surface area contributed by atoms with Crippen molar-refractivity contribution < 1.29 is 33.4 Å². The summed E-state index contributed by atoms with van der Waals surface area (Å²) in [6.07, 6.45) is 3.58. The topological polar surface area (TPSA) is 157 Å². The fourth-order valence-electron chi connectivity index (χ4n) is 4.73. The van der Waals surface area contributed by atoms with E-state index in [4.69, 9.17) is 19.2 Å². The molecular weight excluding hydrogens is 628 g/mol. The minimum absolute atomic E-state index is 0.115. The number of hydrogen-bond acceptors (Lipinski definition) is 10. The number of carbonyl (C=O) groups is 4. The second kappa shape index (κ2) is 14.2. The number of allylic oxidation sites excluding steroid dienone is 2. The molecule has 262 valence electrons. The molecule has 0 aliphatic heterocycles. The van der Waals surface area contributed by atoms with Crippen LogP contribution in [-0.2, 0) is 25.5 Å². The monoisotopic (exact) mass is 674 g/mol. The second-order valence-electron chi connectivity index (χ2n) is 14.9. The van der Waals surface area contributed by atoms with Gasteiger partial charge in [-0.05, 0) is 79.9 Å². The van der Waals surface area contributed by atoms with E-state index in [-0.39, 0.29) is 23.7 Å². The van der Waals surface area contributed by atoms with E-state index in [2.05, 4.69) is 15.0 Å². The van der Waals surface area contributed by atoms with Crippen LogP contribution in [0, 0.1) is 0 Å². The molecule has 1 aliphatic rings. The number of Topliss-reactive ketones (excluding diaryl/α,β-unsaturated/α-hetero) is 1. The summed E-state index contributed by atoms with van der Waals surface area (Å²) >= 11 is 0. The lowest BCUT2D eigenvalue weighted by Crippen LogP contribution is -2.44. The summed E-state index contributed by atoms with van der Waals surface area (Å²) < 4.78 is 16.6. The Morgan fingerprint density at radius 2 is 1.37 bits per heavy atom. The van der Waals surface area contributed by atoms with Crippen molar-refractivity contribution in [1.82, 2.24) is 24.8 Å². The Morgan fingerprint density at radius 1 is 0.796 bits per heavy atom. The average molecular weight is 675 g/mol. The van der Waals surface area contributed by atoms with E-state index in [1.807, 2.05) is 51.1 Å². The first-order valence-corrected chi connectivity index (χ1v) is 16.1. The Balaban J connectivity index is 1.74. The van der Waals surface area contributed by atoms with Crippen LogP contribution in [0.3, 0.4) is 0 Å². The number of benzene rings is 1.